The van der Waals surface area contributed by atoms with E-state index in [0.29, 0.717) is 0 Å². The standard InChI is InChI=1S/C14H16.7C13H15N.2C12H14N2/c1-14(2,3)13-9-8-11-6-4-5-7-12(11)10-13;1-13(2,3)12-5-4-11-9-14-7-6-10(11)8-12;1-13(2,3)12-5-4-10-6-7-14-9-11(10)8-12;1-13(2,3)11-6-7-12-10(9-11)5-4-8-14-12;1-13(2,3)11-7-6-10-5-4-8-14-12(10)9-11;1-13(2,3)11-8-10-6-4-5-7-12(10)14-9-11;1-13(2,3)12-8-10-6-4-5-7-11(10)9-14-12;1-13(2,3)12-9-8-10-6-4-5-7-11(10)14-12;1-12(2,3)11-7-6-9-10(14-11)5-4-8-13-9;1-12(2,3)9-7-11-10(14-8-9)5-4-6-13-11/h4-10H,1-3H3;7*4-9H,1-3H3;2*4-8H,1-3H3. The molecule has 0 bridgehead atoms. The van der Waals surface area contributed by atoms with Crippen LogP contribution in [0.25, 0.3) is 109 Å². The van der Waals surface area contributed by atoms with Crippen molar-refractivity contribution in [2.75, 3.05) is 0 Å². The van der Waals surface area contributed by atoms with Crippen LogP contribution in [0.5, 0.6) is 0 Å². The molecule has 0 aliphatic carbocycles. The van der Waals surface area contributed by atoms with Crippen molar-refractivity contribution in [3.8, 4) is 0 Å². The average Bonchev–Trinajstić information content (AvgIpc) is 0.869. The van der Waals surface area contributed by atoms with Crippen LogP contribution in [-0.2, 0) is 54.1 Å². The van der Waals surface area contributed by atoms with Crippen LogP contribution in [0.1, 0.15) is 264 Å². The van der Waals surface area contributed by atoms with Crippen LogP contribution in [0.15, 0.2) is 359 Å². The van der Waals surface area contributed by atoms with Crippen LogP contribution in [0, 0.1) is 0 Å². The Morgan fingerprint density at radius 3 is 0.957 bits per heavy atom. The minimum absolute atomic E-state index is 0.101. The number of hydrogen-bond donors (Lipinski definition) is 0. The van der Waals surface area contributed by atoms with E-state index in [0.717, 1.165) is 61.2 Å². The molecule has 720 valence electrons. The SMILES string of the molecule is CC(C)(C)c1cc2ccccc2cn1.CC(C)(C)c1ccc2ccccc2c1.CC(C)(C)c1ccc2ccccc2n1.CC(C)(C)c1ccc2cccnc2c1.CC(C)(C)c1ccc2ccncc2c1.CC(C)(C)c1ccc2cnccc2c1.CC(C)(C)c1ccc2ncccc2c1.CC(C)(C)c1ccc2ncccc2n1.CC(C)(C)c1cnc2ccccc2c1.CC(C)(C)c1cnc2cccnc2c1. The zero-order valence-corrected chi connectivity index (χ0v) is 89.0. The molecular weight excluding hydrogens is 1700 g/mol. The predicted molar refractivity (Wildman–Crippen MR) is 602 cm³/mol. The number of benzene rings is 9. The smallest absolute Gasteiger partial charge is 0.0890 e. The van der Waals surface area contributed by atoms with E-state index in [-0.39, 0.29) is 54.1 Å². The van der Waals surface area contributed by atoms with Crippen molar-refractivity contribution >= 4 is 109 Å². The largest absolute Gasteiger partial charge is 0.264 e. The van der Waals surface area contributed by atoms with E-state index in [1.165, 1.54) is 104 Å². The van der Waals surface area contributed by atoms with Crippen LogP contribution in [0.3, 0.4) is 0 Å². The second kappa shape index (κ2) is 45.4. The summed E-state index contributed by atoms with van der Waals surface area (Å²) in [6, 6.07) is 101. The molecule has 0 N–H and O–H groups in total. The van der Waals surface area contributed by atoms with E-state index in [2.05, 4.69) is 475 Å². The number of pyridine rings is 11. The lowest BCUT2D eigenvalue weighted by Gasteiger charge is -2.19. The summed E-state index contributed by atoms with van der Waals surface area (Å²) in [5.74, 6) is 0. The highest BCUT2D eigenvalue weighted by Crippen LogP contribution is 2.34. The van der Waals surface area contributed by atoms with Crippen molar-refractivity contribution in [2.24, 2.45) is 0 Å². The van der Waals surface area contributed by atoms with Gasteiger partial charge in [0.15, 0.2) is 0 Å². The molecule has 0 unspecified atom stereocenters. The summed E-state index contributed by atoms with van der Waals surface area (Å²) in [7, 11) is 0. The molecule has 0 radical (unpaired) electrons. The molecule has 11 heterocycles. The van der Waals surface area contributed by atoms with Crippen LogP contribution < -0.4 is 0 Å². The van der Waals surface area contributed by atoms with Gasteiger partial charge < -0.3 is 0 Å². The second-order valence-electron chi connectivity index (χ2n) is 46.5. The molecule has 140 heavy (non-hydrogen) atoms. The van der Waals surface area contributed by atoms with Gasteiger partial charge >= 0.3 is 0 Å². The maximum atomic E-state index is 4.65. The highest BCUT2D eigenvalue weighted by Gasteiger charge is 2.23. The third-order valence-corrected chi connectivity index (χ3v) is 24.3. The molecule has 0 amide bonds. The molecular formula is C129H149N11. The summed E-state index contributed by atoms with van der Waals surface area (Å²) in [5, 5.41) is 15.0. The van der Waals surface area contributed by atoms with Crippen LogP contribution in [0.4, 0.5) is 0 Å². The van der Waals surface area contributed by atoms with Gasteiger partial charge in [0, 0.05) is 139 Å². The van der Waals surface area contributed by atoms with E-state index < -0.39 is 0 Å². The maximum absolute atomic E-state index is 4.65. The van der Waals surface area contributed by atoms with Crippen LogP contribution in [0.2, 0.25) is 0 Å². The molecule has 0 aliphatic heterocycles. The molecule has 0 saturated carbocycles. The van der Waals surface area contributed by atoms with E-state index in [9.17, 15) is 0 Å². The van der Waals surface area contributed by atoms with Gasteiger partial charge in [-0.1, -0.05) is 378 Å². The summed E-state index contributed by atoms with van der Waals surface area (Å²) in [6.07, 6.45) is 20.6. The first kappa shape index (κ1) is 107. The Morgan fingerprint density at radius 2 is 0.421 bits per heavy atom. The first-order valence-electron chi connectivity index (χ1n) is 49.1. The Balaban J connectivity index is 0.000000149. The van der Waals surface area contributed by atoms with Crippen molar-refractivity contribution in [3.63, 3.8) is 0 Å². The van der Waals surface area contributed by atoms with Gasteiger partial charge in [0.25, 0.3) is 0 Å². The molecule has 0 atom stereocenters. The monoisotopic (exact) mass is 1850 g/mol. The number of aromatic nitrogens is 11. The summed E-state index contributed by atoms with van der Waals surface area (Å²) in [4.78, 5) is 48.0. The zero-order chi connectivity index (χ0) is 102. The topological polar surface area (TPSA) is 142 Å². The average molecular weight is 1850 g/mol. The fourth-order valence-electron chi connectivity index (χ4n) is 15.0. The summed E-state index contributed by atoms with van der Waals surface area (Å²) >= 11 is 0. The summed E-state index contributed by atoms with van der Waals surface area (Å²) in [5.41, 5.74) is 22.7. The lowest BCUT2D eigenvalue weighted by atomic mass is 9.86. The van der Waals surface area contributed by atoms with Crippen LogP contribution >= 0.6 is 0 Å². The Hall–Kier alpha value is -13.8. The van der Waals surface area contributed by atoms with Crippen molar-refractivity contribution in [1.29, 1.82) is 0 Å². The molecule has 11 heteroatoms. The first-order chi connectivity index (χ1) is 65.7. The number of para-hydroxylation sites is 2. The molecule has 11 nitrogen and oxygen atoms in total. The van der Waals surface area contributed by atoms with Gasteiger partial charge in [-0.2, -0.15) is 0 Å². The molecule has 20 aromatic rings. The van der Waals surface area contributed by atoms with Gasteiger partial charge in [0.2, 0.25) is 0 Å². The Bertz CT molecular complexity index is 6010. The predicted octanol–water partition coefficient (Wildman–Crippen LogP) is 34.7. The molecule has 0 aliphatic rings. The third-order valence-electron chi connectivity index (χ3n) is 24.3. The maximum Gasteiger partial charge on any atom is 0.0890 e. The van der Waals surface area contributed by atoms with Crippen molar-refractivity contribution in [1.82, 2.24) is 54.8 Å². The first-order valence-corrected chi connectivity index (χ1v) is 49.1. The van der Waals surface area contributed by atoms with Crippen LogP contribution in [-0.4, -0.2) is 54.8 Å². The van der Waals surface area contributed by atoms with Gasteiger partial charge in [-0.25, -0.2) is 0 Å². The minimum Gasteiger partial charge on any atom is -0.264 e. The zero-order valence-electron chi connectivity index (χ0n) is 89.0. The van der Waals surface area contributed by atoms with Crippen molar-refractivity contribution < 1.29 is 0 Å². The molecule has 9 aromatic carbocycles. The lowest BCUT2D eigenvalue weighted by Crippen LogP contribution is -2.13. The summed E-state index contributed by atoms with van der Waals surface area (Å²) < 4.78 is 0. The van der Waals surface area contributed by atoms with Gasteiger partial charge in [-0.3, -0.25) is 54.8 Å². The minimum atomic E-state index is 0.101. The summed E-state index contributed by atoms with van der Waals surface area (Å²) in [6.45, 7) is 66.2. The quantitative estimate of drug-likeness (QED) is 0.143. The van der Waals surface area contributed by atoms with E-state index in [1.54, 1.807) is 12.4 Å². The number of fused-ring (bicyclic) bond motifs is 10. The highest BCUT2D eigenvalue weighted by molar-refractivity contribution is 5.87. The van der Waals surface area contributed by atoms with Crippen molar-refractivity contribution in [3.05, 3.63) is 415 Å². The Labute approximate surface area is 835 Å². The molecule has 0 spiro atoms. The Kier molecular flexibility index (Phi) is 34.6. The van der Waals surface area contributed by atoms with E-state index in [1.807, 2.05) is 135 Å². The van der Waals surface area contributed by atoms with Gasteiger partial charge in [0.05, 0.1) is 44.1 Å². The molecule has 11 aromatic heterocycles. The number of nitrogens with zero attached hydrogens (tertiary/aromatic N) is 11. The normalized spacial score (nSPS) is 11.9. The number of hydrogen-bond acceptors (Lipinski definition) is 11. The molecule has 20 rings (SSSR count). The lowest BCUT2D eigenvalue weighted by molar-refractivity contribution is 0.570. The van der Waals surface area contributed by atoms with Gasteiger partial charge in [-0.05, 0) is 225 Å². The number of rotatable bonds is 0. The van der Waals surface area contributed by atoms with Gasteiger partial charge in [0.1, 0.15) is 0 Å². The highest BCUT2D eigenvalue weighted by atomic mass is 14.8. The Morgan fingerprint density at radius 1 is 0.136 bits per heavy atom. The van der Waals surface area contributed by atoms with E-state index in [4.69, 9.17) is 0 Å². The second-order valence-corrected chi connectivity index (χ2v) is 46.5. The fraction of sp³-hybridized carbons (Fsp3) is 0.310. The third kappa shape index (κ3) is 31.1. The molecule has 0 saturated heterocycles. The van der Waals surface area contributed by atoms with Gasteiger partial charge in [-0.15, -0.1) is 0 Å². The molecule has 0 fully saturated rings. The van der Waals surface area contributed by atoms with Crippen molar-refractivity contribution in [2.45, 2.75) is 262 Å². The fourth-order valence-corrected chi connectivity index (χ4v) is 15.0. The van der Waals surface area contributed by atoms with E-state index >= 15 is 0 Å².